The number of hydrogen-bond donors (Lipinski definition) is 2. The first-order valence-corrected chi connectivity index (χ1v) is 6.19. The van der Waals surface area contributed by atoms with Gasteiger partial charge >= 0.3 is 0 Å². The Balaban J connectivity index is 1.98. The molecule has 2 heterocycles. The van der Waals surface area contributed by atoms with Crippen molar-refractivity contribution in [1.29, 1.82) is 0 Å². The zero-order valence-corrected chi connectivity index (χ0v) is 10.3. The van der Waals surface area contributed by atoms with Gasteiger partial charge in [-0.1, -0.05) is 6.92 Å². The second-order valence-corrected chi connectivity index (χ2v) is 4.59. The van der Waals surface area contributed by atoms with Gasteiger partial charge in [-0.15, -0.1) is 0 Å². The van der Waals surface area contributed by atoms with Gasteiger partial charge in [0.05, 0.1) is 0 Å². The maximum absolute atomic E-state index is 5.87. The van der Waals surface area contributed by atoms with E-state index in [0.717, 1.165) is 18.4 Å². The van der Waals surface area contributed by atoms with Crippen molar-refractivity contribution in [1.82, 2.24) is 25.1 Å². The second kappa shape index (κ2) is 5.74. The lowest BCUT2D eigenvalue weighted by molar-refractivity contribution is 0.641. The fraction of sp³-hybridized carbons (Fsp3) is 0.400. The smallest absolute Gasteiger partial charge is 0.195 e. The van der Waals surface area contributed by atoms with Crippen LogP contribution in [-0.4, -0.2) is 31.2 Å². The number of hydrogen-bond acceptors (Lipinski definition) is 6. The summed E-state index contributed by atoms with van der Waals surface area (Å²) in [4.78, 5) is 12.5. The molecule has 0 aliphatic carbocycles. The molecule has 0 saturated carbocycles. The highest BCUT2D eigenvalue weighted by atomic mass is 32.2. The first-order chi connectivity index (χ1) is 8.28. The Hall–Kier alpha value is -1.47. The van der Waals surface area contributed by atoms with Crippen molar-refractivity contribution in [3.05, 3.63) is 24.3 Å². The van der Waals surface area contributed by atoms with E-state index in [-0.39, 0.29) is 6.04 Å². The van der Waals surface area contributed by atoms with Crippen molar-refractivity contribution < 1.29 is 0 Å². The van der Waals surface area contributed by atoms with E-state index in [1.165, 1.54) is 18.1 Å². The molecule has 90 valence electrons. The molecule has 0 saturated heterocycles. The zero-order chi connectivity index (χ0) is 12.1. The quantitative estimate of drug-likeness (QED) is 0.770. The molecule has 6 nitrogen and oxygen atoms in total. The van der Waals surface area contributed by atoms with E-state index in [4.69, 9.17) is 5.73 Å². The van der Waals surface area contributed by atoms with E-state index in [1.54, 1.807) is 12.4 Å². The van der Waals surface area contributed by atoms with Crippen LogP contribution in [0.25, 0.3) is 0 Å². The fourth-order valence-corrected chi connectivity index (χ4v) is 1.86. The van der Waals surface area contributed by atoms with Gasteiger partial charge in [0, 0.05) is 18.4 Å². The minimum Gasteiger partial charge on any atom is -0.327 e. The zero-order valence-electron chi connectivity index (χ0n) is 9.50. The van der Waals surface area contributed by atoms with Crippen LogP contribution in [-0.2, 0) is 6.42 Å². The van der Waals surface area contributed by atoms with E-state index in [9.17, 15) is 0 Å². The highest BCUT2D eigenvalue weighted by molar-refractivity contribution is 7.99. The van der Waals surface area contributed by atoms with Crippen LogP contribution in [0.5, 0.6) is 0 Å². The predicted octanol–water partition coefficient (Wildman–Crippen LogP) is 1.03. The van der Waals surface area contributed by atoms with Gasteiger partial charge in [0.1, 0.15) is 6.33 Å². The summed E-state index contributed by atoms with van der Waals surface area (Å²) in [7, 11) is 0. The number of rotatable bonds is 5. The summed E-state index contributed by atoms with van der Waals surface area (Å²) in [6.45, 7) is 2.07. The van der Waals surface area contributed by atoms with Crippen molar-refractivity contribution in [3.63, 3.8) is 0 Å². The van der Waals surface area contributed by atoms with Crippen LogP contribution in [0, 0.1) is 0 Å². The van der Waals surface area contributed by atoms with Crippen LogP contribution in [0.4, 0.5) is 0 Å². The van der Waals surface area contributed by atoms with Crippen molar-refractivity contribution >= 4 is 11.8 Å². The lowest BCUT2D eigenvalue weighted by Crippen LogP contribution is -2.21. The lowest BCUT2D eigenvalue weighted by atomic mass is 10.1. The maximum Gasteiger partial charge on any atom is 0.195 e. The standard InChI is InChI=1S/C10H14N6S/c1-2-8(11)3-7-4-12-9(13-5-7)17-10-14-6-15-16-10/h4-6,8H,2-3,11H2,1H3,(H,14,15,16). The number of nitrogens with zero attached hydrogens (tertiary/aromatic N) is 4. The molecule has 2 aromatic heterocycles. The minimum absolute atomic E-state index is 0.173. The number of nitrogens with two attached hydrogens (primary N) is 1. The Morgan fingerprint density at radius 3 is 2.71 bits per heavy atom. The number of nitrogens with one attached hydrogen (secondary N) is 1. The summed E-state index contributed by atoms with van der Waals surface area (Å²) in [5.41, 5.74) is 6.93. The Bertz CT molecular complexity index is 440. The normalized spacial score (nSPS) is 12.6. The average molecular weight is 250 g/mol. The maximum atomic E-state index is 5.87. The highest BCUT2D eigenvalue weighted by Crippen LogP contribution is 2.19. The first kappa shape index (κ1) is 12.0. The van der Waals surface area contributed by atoms with Gasteiger partial charge in [0.15, 0.2) is 10.3 Å². The van der Waals surface area contributed by atoms with E-state index < -0.39 is 0 Å². The van der Waals surface area contributed by atoms with Crippen LogP contribution in [0.15, 0.2) is 29.0 Å². The summed E-state index contributed by atoms with van der Waals surface area (Å²) >= 11 is 1.34. The molecule has 0 radical (unpaired) electrons. The van der Waals surface area contributed by atoms with E-state index in [1.807, 2.05) is 0 Å². The van der Waals surface area contributed by atoms with Gasteiger partial charge in [0.25, 0.3) is 0 Å². The molecule has 0 spiro atoms. The first-order valence-electron chi connectivity index (χ1n) is 5.37. The molecule has 0 amide bonds. The minimum atomic E-state index is 0.173. The molecule has 0 aliphatic heterocycles. The predicted molar refractivity (Wildman–Crippen MR) is 64.5 cm³/mol. The van der Waals surface area contributed by atoms with Gasteiger partial charge < -0.3 is 5.73 Å². The molecular formula is C10H14N6S. The largest absolute Gasteiger partial charge is 0.327 e. The monoisotopic (exact) mass is 250 g/mol. The number of aromatic amines is 1. The fourth-order valence-electron chi connectivity index (χ4n) is 1.28. The third-order valence-electron chi connectivity index (χ3n) is 2.28. The van der Waals surface area contributed by atoms with E-state index in [2.05, 4.69) is 32.1 Å². The molecular weight excluding hydrogens is 236 g/mol. The van der Waals surface area contributed by atoms with Crippen LogP contribution in [0.3, 0.4) is 0 Å². The Kier molecular flexibility index (Phi) is 4.05. The van der Waals surface area contributed by atoms with E-state index >= 15 is 0 Å². The molecule has 0 aliphatic rings. The van der Waals surface area contributed by atoms with Crippen LogP contribution >= 0.6 is 11.8 Å². The van der Waals surface area contributed by atoms with E-state index in [0.29, 0.717) is 10.3 Å². The number of H-pyrrole nitrogens is 1. The lowest BCUT2D eigenvalue weighted by Gasteiger charge is -2.07. The van der Waals surface area contributed by atoms with Crippen LogP contribution in [0.2, 0.25) is 0 Å². The molecule has 2 rings (SSSR count). The van der Waals surface area contributed by atoms with Crippen molar-refractivity contribution in [2.24, 2.45) is 5.73 Å². The third kappa shape index (κ3) is 3.50. The van der Waals surface area contributed by atoms with Crippen LogP contribution in [0.1, 0.15) is 18.9 Å². The molecule has 3 N–H and O–H groups in total. The van der Waals surface area contributed by atoms with Crippen molar-refractivity contribution in [2.75, 3.05) is 0 Å². The SMILES string of the molecule is CCC(N)Cc1cnc(Sc2ncn[nH]2)nc1. The van der Waals surface area contributed by atoms with Gasteiger partial charge in [-0.05, 0) is 30.2 Å². The summed E-state index contributed by atoms with van der Waals surface area (Å²) in [6.07, 6.45) is 6.83. The molecule has 7 heteroatoms. The van der Waals surface area contributed by atoms with Gasteiger partial charge in [-0.2, -0.15) is 5.10 Å². The molecule has 0 bridgehead atoms. The van der Waals surface area contributed by atoms with Gasteiger partial charge in [-0.25, -0.2) is 15.0 Å². The van der Waals surface area contributed by atoms with Crippen molar-refractivity contribution in [2.45, 2.75) is 36.1 Å². The summed E-state index contributed by atoms with van der Waals surface area (Å²) in [5.74, 6) is 0. The molecule has 0 aromatic carbocycles. The number of aromatic nitrogens is 5. The molecule has 2 aromatic rings. The molecule has 17 heavy (non-hydrogen) atoms. The van der Waals surface area contributed by atoms with Crippen LogP contribution < -0.4 is 5.73 Å². The Morgan fingerprint density at radius 1 is 1.35 bits per heavy atom. The average Bonchev–Trinajstić information content (AvgIpc) is 2.84. The Morgan fingerprint density at radius 2 is 2.12 bits per heavy atom. The van der Waals surface area contributed by atoms with Gasteiger partial charge in [-0.3, -0.25) is 5.10 Å². The topological polar surface area (TPSA) is 93.4 Å². The third-order valence-corrected chi connectivity index (χ3v) is 3.07. The van der Waals surface area contributed by atoms with Gasteiger partial charge in [0.2, 0.25) is 0 Å². The molecule has 1 atom stereocenters. The molecule has 1 unspecified atom stereocenters. The van der Waals surface area contributed by atoms with Crippen molar-refractivity contribution in [3.8, 4) is 0 Å². The summed E-state index contributed by atoms with van der Waals surface area (Å²) in [5, 5.41) is 7.83. The Labute approximate surface area is 103 Å². The highest BCUT2D eigenvalue weighted by Gasteiger charge is 2.05. The second-order valence-electron chi connectivity index (χ2n) is 3.64. The summed E-state index contributed by atoms with van der Waals surface area (Å²) < 4.78 is 0. The molecule has 0 fully saturated rings. The summed E-state index contributed by atoms with van der Waals surface area (Å²) in [6, 6.07) is 0.173.